The number of hydrogen-bond acceptors (Lipinski definition) is 8. The van der Waals surface area contributed by atoms with Crippen molar-refractivity contribution in [2.75, 3.05) is 0 Å². The highest BCUT2D eigenvalue weighted by molar-refractivity contribution is 7.00. The van der Waals surface area contributed by atoms with Crippen molar-refractivity contribution in [3.05, 3.63) is 105 Å². The molecule has 0 radical (unpaired) electrons. The van der Waals surface area contributed by atoms with Gasteiger partial charge in [-0.15, -0.1) is 0 Å². The second-order valence-corrected chi connectivity index (χ2v) is 8.35. The Morgan fingerprint density at radius 2 is 1.73 bits per heavy atom. The van der Waals surface area contributed by atoms with Crippen LogP contribution < -0.4 is 0 Å². The number of aryl methyl sites for hydroxylation is 1. The van der Waals surface area contributed by atoms with E-state index in [1.165, 1.54) is 12.1 Å². The Morgan fingerprint density at radius 1 is 1.03 bits per heavy atom. The summed E-state index contributed by atoms with van der Waals surface area (Å²) in [6, 6.07) is 18.3. The smallest absolute Gasteiger partial charge is 0.342 e. The predicted molar refractivity (Wildman–Crippen MR) is 122 cm³/mol. The second kappa shape index (κ2) is 7.88. The SMILES string of the molecule is Cc1ccc(C2(O)OC(=O)C(c3ccc4nsnc4c3)=C2Cc2ccc([N+](=O)[O-])cc2)cc1. The van der Waals surface area contributed by atoms with Gasteiger partial charge in [-0.05, 0) is 30.2 Å². The van der Waals surface area contributed by atoms with Crippen LogP contribution in [-0.4, -0.2) is 24.7 Å². The molecular weight excluding hydrogens is 442 g/mol. The van der Waals surface area contributed by atoms with Crippen molar-refractivity contribution in [2.45, 2.75) is 19.1 Å². The summed E-state index contributed by atoms with van der Waals surface area (Å²) in [5.41, 5.74) is 4.56. The van der Waals surface area contributed by atoms with Crippen LogP contribution in [0.4, 0.5) is 5.69 Å². The number of carbonyl (C=O) groups excluding carboxylic acids is 1. The van der Waals surface area contributed by atoms with Gasteiger partial charge in [0.25, 0.3) is 11.5 Å². The lowest BCUT2D eigenvalue weighted by Gasteiger charge is -2.26. The van der Waals surface area contributed by atoms with Gasteiger partial charge in [-0.2, -0.15) is 8.75 Å². The minimum absolute atomic E-state index is 0.0398. The van der Waals surface area contributed by atoms with Crippen molar-refractivity contribution in [1.29, 1.82) is 0 Å². The first-order valence-corrected chi connectivity index (χ1v) is 10.8. The first kappa shape index (κ1) is 20.9. The number of non-ortho nitro benzene ring substituents is 1. The standard InChI is InChI=1S/C24H17N3O5S/c1-14-2-7-17(8-3-14)24(29)19(12-15-4-9-18(10-5-15)27(30)31)22(23(28)32-24)16-6-11-20-21(13-16)26-33-25-20/h2-11,13,29H,12H2,1H3. The van der Waals surface area contributed by atoms with E-state index in [-0.39, 0.29) is 17.7 Å². The minimum Gasteiger partial charge on any atom is -0.421 e. The van der Waals surface area contributed by atoms with E-state index in [0.29, 0.717) is 33.3 Å². The van der Waals surface area contributed by atoms with Gasteiger partial charge >= 0.3 is 5.97 Å². The molecule has 0 bridgehead atoms. The van der Waals surface area contributed by atoms with E-state index in [4.69, 9.17) is 4.74 Å². The highest BCUT2D eigenvalue weighted by Gasteiger charge is 2.48. The largest absolute Gasteiger partial charge is 0.421 e. The maximum absolute atomic E-state index is 13.1. The Kier molecular flexibility index (Phi) is 4.99. The Labute approximate surface area is 192 Å². The van der Waals surface area contributed by atoms with Crippen molar-refractivity contribution in [1.82, 2.24) is 8.75 Å². The lowest BCUT2D eigenvalue weighted by Crippen LogP contribution is -2.29. The lowest BCUT2D eigenvalue weighted by atomic mass is 9.87. The molecule has 5 rings (SSSR count). The maximum Gasteiger partial charge on any atom is 0.342 e. The summed E-state index contributed by atoms with van der Waals surface area (Å²) in [5, 5.41) is 22.7. The Morgan fingerprint density at radius 3 is 2.42 bits per heavy atom. The first-order chi connectivity index (χ1) is 15.8. The van der Waals surface area contributed by atoms with Crippen LogP contribution in [0.1, 0.15) is 22.3 Å². The molecule has 0 saturated carbocycles. The minimum atomic E-state index is -1.98. The molecule has 8 nitrogen and oxygen atoms in total. The summed E-state index contributed by atoms with van der Waals surface area (Å²) >= 11 is 1.07. The summed E-state index contributed by atoms with van der Waals surface area (Å²) in [6.45, 7) is 1.92. The molecule has 0 fully saturated rings. The molecule has 0 amide bonds. The molecule has 1 N–H and O–H groups in total. The summed E-state index contributed by atoms with van der Waals surface area (Å²) in [4.78, 5) is 23.6. The van der Waals surface area contributed by atoms with Gasteiger partial charge in [-0.25, -0.2) is 4.79 Å². The fourth-order valence-electron chi connectivity index (χ4n) is 3.93. The predicted octanol–water partition coefficient (Wildman–Crippen LogP) is 4.31. The zero-order chi connectivity index (χ0) is 23.2. The quantitative estimate of drug-likeness (QED) is 0.269. The van der Waals surface area contributed by atoms with Crippen LogP contribution in [0.5, 0.6) is 0 Å². The number of nitro benzene ring substituents is 1. The van der Waals surface area contributed by atoms with Crippen molar-refractivity contribution >= 4 is 40.0 Å². The van der Waals surface area contributed by atoms with Gasteiger partial charge in [0.05, 0.1) is 22.2 Å². The van der Waals surface area contributed by atoms with Crippen LogP contribution in [0, 0.1) is 17.0 Å². The number of aliphatic hydroxyl groups is 1. The average Bonchev–Trinajstić information content (AvgIpc) is 3.36. The number of hydrogen-bond donors (Lipinski definition) is 1. The highest BCUT2D eigenvalue weighted by Crippen LogP contribution is 2.45. The number of carbonyl (C=O) groups is 1. The van der Waals surface area contributed by atoms with E-state index in [9.17, 15) is 20.0 Å². The van der Waals surface area contributed by atoms with Crippen LogP contribution in [0.25, 0.3) is 16.6 Å². The normalized spacial score (nSPS) is 18.1. The third-order valence-electron chi connectivity index (χ3n) is 5.67. The van der Waals surface area contributed by atoms with Gasteiger partial charge < -0.3 is 9.84 Å². The molecule has 1 aromatic heterocycles. The van der Waals surface area contributed by atoms with Gasteiger partial charge in [0.15, 0.2) is 0 Å². The van der Waals surface area contributed by atoms with E-state index in [1.54, 1.807) is 42.5 Å². The first-order valence-electron chi connectivity index (χ1n) is 10.1. The molecular formula is C24H17N3O5S. The van der Waals surface area contributed by atoms with Crippen molar-refractivity contribution in [3.8, 4) is 0 Å². The van der Waals surface area contributed by atoms with Crippen LogP contribution in [0.15, 0.2) is 72.3 Å². The van der Waals surface area contributed by atoms with E-state index >= 15 is 0 Å². The molecule has 0 aliphatic carbocycles. The number of nitrogens with zero attached hydrogens (tertiary/aromatic N) is 3. The number of ether oxygens (including phenoxy) is 1. The molecule has 0 saturated heterocycles. The fourth-order valence-corrected chi connectivity index (χ4v) is 4.45. The highest BCUT2D eigenvalue weighted by atomic mass is 32.1. The molecule has 1 aliphatic rings. The molecule has 33 heavy (non-hydrogen) atoms. The Hall–Kier alpha value is -3.95. The number of nitro groups is 1. The maximum atomic E-state index is 13.1. The molecule has 0 spiro atoms. The number of fused-ring (bicyclic) bond motifs is 1. The third-order valence-corrected chi connectivity index (χ3v) is 6.23. The van der Waals surface area contributed by atoms with Gasteiger partial charge in [0, 0.05) is 29.7 Å². The number of aromatic nitrogens is 2. The van der Waals surface area contributed by atoms with E-state index < -0.39 is 16.7 Å². The van der Waals surface area contributed by atoms with Crippen LogP contribution in [0.2, 0.25) is 0 Å². The zero-order valence-electron chi connectivity index (χ0n) is 17.4. The topological polar surface area (TPSA) is 115 Å². The van der Waals surface area contributed by atoms with Crippen LogP contribution in [-0.2, 0) is 21.7 Å². The summed E-state index contributed by atoms with van der Waals surface area (Å²) in [5.74, 6) is -2.63. The molecule has 4 aromatic rings. The van der Waals surface area contributed by atoms with Crippen molar-refractivity contribution in [2.24, 2.45) is 0 Å². The van der Waals surface area contributed by atoms with Crippen molar-refractivity contribution < 1.29 is 19.6 Å². The zero-order valence-corrected chi connectivity index (χ0v) is 18.2. The fraction of sp³-hybridized carbons (Fsp3) is 0.125. The molecule has 1 atom stereocenters. The average molecular weight is 459 g/mol. The van der Waals surface area contributed by atoms with Gasteiger partial charge in [0.2, 0.25) is 0 Å². The van der Waals surface area contributed by atoms with Gasteiger partial charge in [-0.3, -0.25) is 10.1 Å². The van der Waals surface area contributed by atoms with Crippen LogP contribution in [0.3, 0.4) is 0 Å². The van der Waals surface area contributed by atoms with E-state index in [1.807, 2.05) is 19.1 Å². The monoisotopic (exact) mass is 459 g/mol. The number of benzene rings is 3. The Balaban J connectivity index is 1.67. The summed E-state index contributed by atoms with van der Waals surface area (Å²) in [7, 11) is 0. The number of rotatable bonds is 5. The molecule has 1 unspecified atom stereocenters. The number of cyclic esters (lactones) is 1. The summed E-state index contributed by atoms with van der Waals surface area (Å²) in [6.07, 6.45) is 0.150. The molecule has 2 heterocycles. The number of esters is 1. The lowest BCUT2D eigenvalue weighted by molar-refractivity contribution is -0.384. The molecule has 164 valence electrons. The molecule has 1 aliphatic heterocycles. The third kappa shape index (κ3) is 3.67. The van der Waals surface area contributed by atoms with E-state index in [0.717, 1.165) is 17.3 Å². The molecule has 9 heteroatoms. The van der Waals surface area contributed by atoms with Crippen molar-refractivity contribution in [3.63, 3.8) is 0 Å². The second-order valence-electron chi connectivity index (χ2n) is 7.82. The van der Waals surface area contributed by atoms with E-state index in [2.05, 4.69) is 8.75 Å². The summed E-state index contributed by atoms with van der Waals surface area (Å²) < 4.78 is 14.0. The van der Waals surface area contributed by atoms with Gasteiger partial charge in [0.1, 0.15) is 11.0 Å². The molecule has 3 aromatic carbocycles. The van der Waals surface area contributed by atoms with Crippen LogP contribution >= 0.6 is 11.7 Å². The Bertz CT molecular complexity index is 1430. The van der Waals surface area contributed by atoms with Gasteiger partial charge in [-0.1, -0.05) is 48.0 Å².